The number of aliphatic carboxylic acids is 1. The van der Waals surface area contributed by atoms with Crippen molar-refractivity contribution in [2.24, 2.45) is 10.2 Å². The molecule has 1 aromatic carbocycles. The third-order valence-corrected chi connectivity index (χ3v) is 4.20. The van der Waals surface area contributed by atoms with E-state index in [1.807, 2.05) is 0 Å². The summed E-state index contributed by atoms with van der Waals surface area (Å²) < 4.78 is 24.0. The molecule has 3 rings (SSSR count). The van der Waals surface area contributed by atoms with Gasteiger partial charge in [-0.2, -0.15) is 0 Å². The van der Waals surface area contributed by atoms with Gasteiger partial charge in [-0.15, -0.1) is 10.2 Å². The lowest BCUT2D eigenvalue weighted by Gasteiger charge is -2.14. The van der Waals surface area contributed by atoms with E-state index in [1.165, 1.54) is 6.07 Å². The van der Waals surface area contributed by atoms with Gasteiger partial charge in [-0.3, -0.25) is 0 Å². The van der Waals surface area contributed by atoms with E-state index in [9.17, 15) is 13.2 Å². The van der Waals surface area contributed by atoms with E-state index in [0.717, 1.165) is 5.41 Å². The molecule has 0 bridgehead atoms. The summed E-state index contributed by atoms with van der Waals surface area (Å²) in [6, 6.07) is 6.31. The summed E-state index contributed by atoms with van der Waals surface area (Å²) in [7, 11) is -3.65. The molecule has 18 heavy (non-hydrogen) atoms. The predicted octanol–water partition coefficient (Wildman–Crippen LogP) is 0.601. The molecule has 1 aromatic rings. The van der Waals surface area contributed by atoms with Gasteiger partial charge in [-0.05, 0) is 6.07 Å². The van der Waals surface area contributed by atoms with Gasteiger partial charge in [0.1, 0.15) is 5.71 Å². The first-order chi connectivity index (χ1) is 8.50. The van der Waals surface area contributed by atoms with Gasteiger partial charge in [-0.1, -0.05) is 18.2 Å². The van der Waals surface area contributed by atoms with E-state index < -0.39 is 15.8 Å². The molecule has 0 radical (unpaired) electrons. The Morgan fingerprint density at radius 3 is 2.61 bits per heavy atom. The highest BCUT2D eigenvalue weighted by Crippen LogP contribution is 2.30. The summed E-state index contributed by atoms with van der Waals surface area (Å²) in [5, 5.41) is 17.1. The number of hydrogen-bond acceptors (Lipinski definition) is 5. The van der Waals surface area contributed by atoms with Crippen molar-refractivity contribution in [1.82, 2.24) is 0 Å². The number of carboxylic acid groups (broad SMARTS) is 1. The average Bonchev–Trinajstić information content (AvgIpc) is 2.72. The molecule has 1 N–H and O–H groups in total. The molecular formula is C11H6N2O4S. The number of carbonyl (C=O) groups is 1. The van der Waals surface area contributed by atoms with Crippen LogP contribution in [0.15, 0.2) is 50.3 Å². The fraction of sp³-hybridized carbons (Fsp3) is 0. The summed E-state index contributed by atoms with van der Waals surface area (Å²) in [5.41, 5.74) is 0.372. The maximum atomic E-state index is 12.0. The quantitative estimate of drug-likeness (QED) is 0.801. The molecule has 0 aromatic heterocycles. The van der Waals surface area contributed by atoms with Crippen molar-refractivity contribution in [3.63, 3.8) is 0 Å². The summed E-state index contributed by atoms with van der Waals surface area (Å²) in [6.45, 7) is 0. The number of nitrogens with zero attached hydrogens (tertiary/aromatic N) is 2. The molecule has 2 aliphatic heterocycles. The third-order valence-electron chi connectivity index (χ3n) is 2.68. The molecule has 0 saturated carbocycles. The van der Waals surface area contributed by atoms with Crippen molar-refractivity contribution in [2.45, 2.75) is 4.90 Å². The average molecular weight is 262 g/mol. The number of benzene rings is 1. The predicted molar refractivity (Wildman–Crippen MR) is 63.3 cm³/mol. The van der Waals surface area contributed by atoms with Crippen LogP contribution in [-0.4, -0.2) is 30.9 Å². The monoisotopic (exact) mass is 262 g/mol. The lowest BCUT2D eigenvalue weighted by molar-refractivity contribution is -0.129. The standard InChI is InChI=1S/C11H6N2O4S/c14-11(15)10-7-5-18(16,17)8-4-2-1-3-6(8)9(7)12-13-10/h1-5H,(H,14,15). The van der Waals surface area contributed by atoms with Gasteiger partial charge < -0.3 is 5.11 Å². The maximum absolute atomic E-state index is 12.0. The summed E-state index contributed by atoms with van der Waals surface area (Å²) in [6.07, 6.45) is 0. The van der Waals surface area contributed by atoms with Crippen LogP contribution in [0.4, 0.5) is 0 Å². The lowest BCUT2D eigenvalue weighted by Crippen LogP contribution is -2.23. The Bertz CT molecular complexity index is 772. The first kappa shape index (κ1) is 10.8. The molecule has 0 atom stereocenters. The topological polar surface area (TPSA) is 96.2 Å². The minimum atomic E-state index is -3.65. The zero-order chi connectivity index (χ0) is 12.9. The van der Waals surface area contributed by atoms with Crippen molar-refractivity contribution in [3.05, 3.63) is 40.8 Å². The fourth-order valence-corrected chi connectivity index (χ4v) is 3.32. The molecule has 2 heterocycles. The minimum Gasteiger partial charge on any atom is -0.476 e. The van der Waals surface area contributed by atoms with Crippen LogP contribution in [0.3, 0.4) is 0 Å². The Balaban J connectivity index is 2.31. The normalized spacial score (nSPS) is 19.2. The van der Waals surface area contributed by atoms with Gasteiger partial charge in [0, 0.05) is 16.5 Å². The largest absolute Gasteiger partial charge is 0.476 e. The molecule has 0 fully saturated rings. The molecule has 0 spiro atoms. The molecule has 0 unspecified atom stereocenters. The van der Waals surface area contributed by atoms with Gasteiger partial charge >= 0.3 is 5.97 Å². The van der Waals surface area contributed by atoms with Crippen molar-refractivity contribution in [2.75, 3.05) is 0 Å². The zero-order valence-electron chi connectivity index (χ0n) is 8.86. The first-order valence-electron chi connectivity index (χ1n) is 4.96. The Morgan fingerprint density at radius 2 is 1.89 bits per heavy atom. The molecule has 2 aliphatic rings. The van der Waals surface area contributed by atoms with Crippen LogP contribution in [0.25, 0.3) is 0 Å². The van der Waals surface area contributed by atoms with Crippen molar-refractivity contribution >= 4 is 27.2 Å². The number of sulfone groups is 1. The third kappa shape index (κ3) is 1.34. The molecule has 0 saturated heterocycles. The Kier molecular flexibility index (Phi) is 2.02. The van der Waals surface area contributed by atoms with Gasteiger partial charge in [0.15, 0.2) is 5.71 Å². The number of carboxylic acids is 1. The second-order valence-corrected chi connectivity index (χ2v) is 5.54. The smallest absolute Gasteiger partial charge is 0.357 e. The van der Waals surface area contributed by atoms with E-state index in [0.29, 0.717) is 5.56 Å². The molecular weight excluding hydrogens is 256 g/mol. The number of rotatable bonds is 1. The van der Waals surface area contributed by atoms with E-state index in [2.05, 4.69) is 10.2 Å². The molecule has 90 valence electrons. The van der Waals surface area contributed by atoms with Gasteiger partial charge in [0.2, 0.25) is 9.84 Å². The van der Waals surface area contributed by atoms with Crippen molar-refractivity contribution in [3.8, 4) is 0 Å². The zero-order valence-corrected chi connectivity index (χ0v) is 9.68. The number of hydrogen-bond donors (Lipinski definition) is 1. The minimum absolute atomic E-state index is 0.0428. The second-order valence-electron chi connectivity index (χ2n) is 3.78. The van der Waals surface area contributed by atoms with Crippen molar-refractivity contribution in [1.29, 1.82) is 0 Å². The van der Waals surface area contributed by atoms with Crippen LogP contribution in [0.5, 0.6) is 0 Å². The highest BCUT2D eigenvalue weighted by atomic mass is 32.2. The highest BCUT2D eigenvalue weighted by molar-refractivity contribution is 7.94. The lowest BCUT2D eigenvalue weighted by atomic mass is 10.0. The molecule has 0 aliphatic carbocycles. The van der Waals surface area contributed by atoms with Crippen molar-refractivity contribution < 1.29 is 18.3 Å². The number of fused-ring (bicyclic) bond motifs is 3. The molecule has 0 amide bonds. The Labute approximate surface area is 102 Å². The molecule has 6 nitrogen and oxygen atoms in total. The van der Waals surface area contributed by atoms with E-state index in [4.69, 9.17) is 5.11 Å². The van der Waals surface area contributed by atoms with E-state index in [1.54, 1.807) is 18.2 Å². The molecule has 7 heteroatoms. The first-order valence-corrected chi connectivity index (χ1v) is 6.51. The Hall–Kier alpha value is -2.28. The van der Waals surface area contributed by atoms with Gasteiger partial charge in [0.05, 0.1) is 4.90 Å². The SMILES string of the molecule is O=C(O)C1=NN=C2C1=CS(=O)(=O)c1ccccc12. The summed E-state index contributed by atoms with van der Waals surface area (Å²) in [4.78, 5) is 11.1. The maximum Gasteiger partial charge on any atom is 0.357 e. The van der Waals surface area contributed by atoms with Crippen LogP contribution in [0.2, 0.25) is 0 Å². The van der Waals surface area contributed by atoms with Crippen LogP contribution >= 0.6 is 0 Å². The fourth-order valence-electron chi connectivity index (χ4n) is 1.92. The highest BCUT2D eigenvalue weighted by Gasteiger charge is 2.35. The van der Waals surface area contributed by atoms with Crippen LogP contribution in [0, 0.1) is 0 Å². The van der Waals surface area contributed by atoms with Crippen LogP contribution in [0.1, 0.15) is 5.56 Å². The van der Waals surface area contributed by atoms with Crippen LogP contribution < -0.4 is 0 Å². The van der Waals surface area contributed by atoms with E-state index in [-0.39, 0.29) is 21.9 Å². The summed E-state index contributed by atoms with van der Waals surface area (Å²) >= 11 is 0. The van der Waals surface area contributed by atoms with E-state index >= 15 is 0 Å². The van der Waals surface area contributed by atoms with Gasteiger partial charge in [0.25, 0.3) is 0 Å². The second kappa shape index (κ2) is 3.36. The Morgan fingerprint density at radius 1 is 1.17 bits per heavy atom. The summed E-state index contributed by atoms with van der Waals surface area (Å²) in [5.74, 6) is -1.30. The van der Waals surface area contributed by atoms with Gasteiger partial charge in [-0.25, -0.2) is 13.2 Å². The van der Waals surface area contributed by atoms with Crippen LogP contribution in [-0.2, 0) is 14.6 Å².